The molecule has 7 nitrogen and oxygen atoms in total. The number of rotatable bonds is 7. The Hall–Kier alpha value is -2.68. The zero-order chi connectivity index (χ0) is 21.0. The van der Waals surface area contributed by atoms with Crippen LogP contribution in [0.15, 0.2) is 65.8 Å². The smallest absolute Gasteiger partial charge is 0.241 e. The minimum atomic E-state index is -3.78. The zero-order valence-electron chi connectivity index (χ0n) is 16.0. The molecule has 3 aromatic rings. The van der Waals surface area contributed by atoms with Gasteiger partial charge in [-0.3, -0.25) is 4.79 Å². The Labute approximate surface area is 174 Å². The van der Waals surface area contributed by atoms with Crippen LogP contribution < -0.4 is 10.0 Å². The van der Waals surface area contributed by atoms with Crippen molar-refractivity contribution in [3.8, 4) is 5.69 Å². The summed E-state index contributed by atoms with van der Waals surface area (Å²) < 4.78 is 28.9. The van der Waals surface area contributed by atoms with Gasteiger partial charge in [-0.2, -0.15) is 9.82 Å². The molecule has 1 heterocycles. The standard InChI is InChI=1S/C20H21ClN4O3S/c1-14-3-9-19(10-4-14)29(27,28)24-15(2)20(26)22-11-16-12-23-25(13-16)18-7-5-17(21)6-8-18/h3-10,12-13,15,24H,11H2,1-2H3,(H,22,26)/t15-/m0/s1. The maximum Gasteiger partial charge on any atom is 0.241 e. The second-order valence-corrected chi connectivity index (χ2v) is 8.79. The Morgan fingerprint density at radius 2 is 1.79 bits per heavy atom. The molecule has 2 N–H and O–H groups in total. The van der Waals surface area contributed by atoms with E-state index in [1.54, 1.807) is 41.3 Å². The molecule has 0 radical (unpaired) electrons. The van der Waals surface area contributed by atoms with E-state index in [1.807, 2.05) is 19.1 Å². The van der Waals surface area contributed by atoms with E-state index in [9.17, 15) is 13.2 Å². The summed E-state index contributed by atoms with van der Waals surface area (Å²) in [5.41, 5.74) is 2.57. The number of hydrogen-bond donors (Lipinski definition) is 2. The van der Waals surface area contributed by atoms with E-state index >= 15 is 0 Å². The topological polar surface area (TPSA) is 93.1 Å². The molecule has 1 amide bonds. The molecule has 1 atom stereocenters. The summed E-state index contributed by atoms with van der Waals surface area (Å²) in [5, 5.41) is 7.61. The first-order valence-electron chi connectivity index (χ1n) is 8.91. The summed E-state index contributed by atoms with van der Waals surface area (Å²) in [5.74, 6) is -0.431. The number of carbonyl (C=O) groups excluding carboxylic acids is 1. The lowest BCUT2D eigenvalue weighted by atomic mass is 10.2. The number of carbonyl (C=O) groups is 1. The molecule has 3 rings (SSSR count). The van der Waals surface area contributed by atoms with E-state index in [4.69, 9.17) is 11.6 Å². The third-order valence-electron chi connectivity index (χ3n) is 4.25. The van der Waals surface area contributed by atoms with Crippen molar-refractivity contribution >= 4 is 27.5 Å². The molecular formula is C20H21ClN4O3S. The van der Waals surface area contributed by atoms with E-state index in [0.717, 1.165) is 16.8 Å². The molecular weight excluding hydrogens is 412 g/mol. The van der Waals surface area contributed by atoms with Gasteiger partial charge in [0.25, 0.3) is 0 Å². The summed E-state index contributed by atoms with van der Waals surface area (Å²) in [7, 11) is -3.78. The van der Waals surface area contributed by atoms with Crippen LogP contribution in [0.2, 0.25) is 5.02 Å². The van der Waals surface area contributed by atoms with Gasteiger partial charge in [-0.05, 0) is 50.2 Å². The molecule has 0 unspecified atom stereocenters. The molecule has 0 spiro atoms. The van der Waals surface area contributed by atoms with Gasteiger partial charge in [-0.25, -0.2) is 13.1 Å². The second kappa shape index (κ2) is 8.77. The van der Waals surface area contributed by atoms with Crippen LogP contribution in [-0.2, 0) is 21.4 Å². The number of aryl methyl sites for hydroxylation is 1. The highest BCUT2D eigenvalue weighted by atomic mass is 35.5. The van der Waals surface area contributed by atoms with Gasteiger partial charge in [0.1, 0.15) is 0 Å². The number of aromatic nitrogens is 2. The maximum absolute atomic E-state index is 12.4. The Kier molecular flexibility index (Phi) is 6.36. The fourth-order valence-corrected chi connectivity index (χ4v) is 3.93. The minimum absolute atomic E-state index is 0.118. The predicted octanol–water partition coefficient (Wildman–Crippen LogP) is 2.82. The van der Waals surface area contributed by atoms with Crippen LogP contribution in [0.1, 0.15) is 18.1 Å². The Balaban J connectivity index is 1.57. The van der Waals surface area contributed by atoms with E-state index in [-0.39, 0.29) is 11.4 Å². The highest BCUT2D eigenvalue weighted by Crippen LogP contribution is 2.14. The number of nitrogens with zero attached hydrogens (tertiary/aromatic N) is 2. The van der Waals surface area contributed by atoms with Crippen molar-refractivity contribution in [2.24, 2.45) is 0 Å². The molecule has 2 aromatic carbocycles. The molecule has 0 bridgehead atoms. The molecule has 1 aromatic heterocycles. The van der Waals surface area contributed by atoms with Crippen molar-refractivity contribution in [2.75, 3.05) is 0 Å². The predicted molar refractivity (Wildman–Crippen MR) is 111 cm³/mol. The van der Waals surface area contributed by atoms with Gasteiger partial charge in [0, 0.05) is 23.3 Å². The highest BCUT2D eigenvalue weighted by molar-refractivity contribution is 7.89. The van der Waals surface area contributed by atoms with Gasteiger partial charge in [0.05, 0.1) is 22.8 Å². The number of amides is 1. The van der Waals surface area contributed by atoms with Crippen LogP contribution in [0.3, 0.4) is 0 Å². The number of hydrogen-bond acceptors (Lipinski definition) is 4. The normalized spacial score (nSPS) is 12.5. The van der Waals surface area contributed by atoms with E-state index in [1.165, 1.54) is 19.1 Å². The fraction of sp³-hybridized carbons (Fsp3) is 0.200. The van der Waals surface area contributed by atoms with Crippen molar-refractivity contribution in [3.63, 3.8) is 0 Å². The lowest BCUT2D eigenvalue weighted by Gasteiger charge is -2.14. The van der Waals surface area contributed by atoms with Crippen molar-refractivity contribution in [1.29, 1.82) is 0 Å². The number of sulfonamides is 1. The van der Waals surface area contributed by atoms with Crippen molar-refractivity contribution in [3.05, 3.63) is 77.1 Å². The van der Waals surface area contributed by atoms with Crippen LogP contribution in [-0.4, -0.2) is 30.1 Å². The molecule has 9 heteroatoms. The van der Waals surface area contributed by atoms with Crippen LogP contribution >= 0.6 is 11.6 Å². The summed E-state index contributed by atoms with van der Waals surface area (Å²) in [6.07, 6.45) is 3.42. The van der Waals surface area contributed by atoms with Gasteiger partial charge in [-0.1, -0.05) is 29.3 Å². The van der Waals surface area contributed by atoms with Gasteiger partial charge in [0.2, 0.25) is 15.9 Å². The maximum atomic E-state index is 12.4. The van der Waals surface area contributed by atoms with E-state index in [2.05, 4.69) is 15.1 Å². The SMILES string of the molecule is Cc1ccc(S(=O)(=O)N[C@@H](C)C(=O)NCc2cnn(-c3ccc(Cl)cc3)c2)cc1. The summed E-state index contributed by atoms with van der Waals surface area (Å²) in [6, 6.07) is 12.7. The molecule has 0 fully saturated rings. The Morgan fingerprint density at radius 1 is 1.14 bits per heavy atom. The monoisotopic (exact) mass is 432 g/mol. The van der Waals surface area contributed by atoms with Crippen molar-refractivity contribution in [2.45, 2.75) is 31.3 Å². The third-order valence-corrected chi connectivity index (χ3v) is 6.06. The number of nitrogens with one attached hydrogen (secondary N) is 2. The van der Waals surface area contributed by atoms with Crippen molar-refractivity contribution in [1.82, 2.24) is 19.8 Å². The Morgan fingerprint density at radius 3 is 2.45 bits per heavy atom. The third kappa shape index (κ3) is 5.44. The summed E-state index contributed by atoms with van der Waals surface area (Å²) in [6.45, 7) is 3.59. The molecule has 0 aliphatic carbocycles. The van der Waals surface area contributed by atoms with Gasteiger partial charge < -0.3 is 5.32 Å². The molecule has 29 heavy (non-hydrogen) atoms. The van der Waals surface area contributed by atoms with Crippen LogP contribution in [0.5, 0.6) is 0 Å². The Bertz CT molecular complexity index is 1090. The average Bonchev–Trinajstić information content (AvgIpc) is 3.15. The first kappa shape index (κ1) is 21.0. The molecule has 0 saturated carbocycles. The van der Waals surface area contributed by atoms with Gasteiger partial charge in [0.15, 0.2) is 0 Å². The zero-order valence-corrected chi connectivity index (χ0v) is 17.5. The number of benzene rings is 2. The second-order valence-electron chi connectivity index (χ2n) is 6.64. The first-order chi connectivity index (χ1) is 13.7. The molecule has 0 aliphatic heterocycles. The van der Waals surface area contributed by atoms with E-state index < -0.39 is 22.0 Å². The molecule has 0 aliphatic rings. The van der Waals surface area contributed by atoms with Gasteiger partial charge >= 0.3 is 0 Å². The largest absolute Gasteiger partial charge is 0.351 e. The molecule has 152 valence electrons. The first-order valence-corrected chi connectivity index (χ1v) is 10.8. The average molecular weight is 433 g/mol. The van der Waals surface area contributed by atoms with E-state index in [0.29, 0.717) is 5.02 Å². The lowest BCUT2D eigenvalue weighted by molar-refractivity contribution is -0.122. The quantitative estimate of drug-likeness (QED) is 0.600. The van der Waals surface area contributed by atoms with Crippen molar-refractivity contribution < 1.29 is 13.2 Å². The number of halogens is 1. The minimum Gasteiger partial charge on any atom is -0.351 e. The summed E-state index contributed by atoms with van der Waals surface area (Å²) >= 11 is 5.88. The summed E-state index contributed by atoms with van der Waals surface area (Å²) in [4.78, 5) is 12.4. The van der Waals surface area contributed by atoms with Crippen LogP contribution in [0, 0.1) is 6.92 Å². The van der Waals surface area contributed by atoms with Crippen LogP contribution in [0.25, 0.3) is 5.69 Å². The highest BCUT2D eigenvalue weighted by Gasteiger charge is 2.21. The lowest BCUT2D eigenvalue weighted by Crippen LogP contribution is -2.44. The van der Waals surface area contributed by atoms with Gasteiger partial charge in [-0.15, -0.1) is 0 Å². The molecule has 0 saturated heterocycles. The fourth-order valence-electron chi connectivity index (χ4n) is 2.60. The van der Waals surface area contributed by atoms with Crippen LogP contribution in [0.4, 0.5) is 0 Å².